The Kier molecular flexibility index (Phi) is 2.92. The van der Waals surface area contributed by atoms with Crippen LogP contribution in [0.25, 0.3) is 0 Å². The summed E-state index contributed by atoms with van der Waals surface area (Å²) in [4.78, 5) is 38.0. The molecule has 3 aliphatic rings. The number of carbonyl (C=O) groups is 3. The lowest BCUT2D eigenvalue weighted by atomic mass is 9.81. The number of hydrogen-bond acceptors (Lipinski definition) is 3. The number of rotatable bonds is 1. The molecule has 0 spiro atoms. The second-order valence-corrected chi connectivity index (χ2v) is 5.69. The molecular weight excluding hydrogens is 244 g/mol. The number of piperidine rings is 1. The third-order valence-electron chi connectivity index (χ3n) is 4.51. The van der Waals surface area contributed by atoms with Crippen LogP contribution in [0.2, 0.25) is 0 Å². The van der Waals surface area contributed by atoms with Crippen molar-refractivity contribution in [2.24, 2.45) is 11.8 Å². The molecule has 3 atom stereocenters. The Morgan fingerprint density at radius 3 is 2.11 bits per heavy atom. The first-order chi connectivity index (χ1) is 9.09. The molecule has 0 aromatic heterocycles. The van der Waals surface area contributed by atoms with Gasteiger partial charge >= 0.3 is 0 Å². The average Bonchev–Trinajstić information content (AvgIpc) is 2.64. The van der Waals surface area contributed by atoms with Crippen molar-refractivity contribution in [3.8, 4) is 0 Å². The van der Waals surface area contributed by atoms with Crippen LogP contribution in [0.4, 0.5) is 0 Å². The Balaban J connectivity index is 1.84. The van der Waals surface area contributed by atoms with Gasteiger partial charge in [-0.1, -0.05) is 19.4 Å². The third kappa shape index (κ3) is 1.88. The van der Waals surface area contributed by atoms with Crippen molar-refractivity contribution in [3.05, 3.63) is 12.3 Å². The zero-order valence-electron chi connectivity index (χ0n) is 10.9. The maximum absolute atomic E-state index is 12.4. The highest BCUT2D eigenvalue weighted by Crippen LogP contribution is 2.39. The van der Waals surface area contributed by atoms with E-state index in [1.807, 2.05) is 0 Å². The minimum absolute atomic E-state index is 0.137. The van der Waals surface area contributed by atoms with Crippen LogP contribution in [0.5, 0.6) is 0 Å². The number of allylic oxidation sites excluding steroid dienone is 1. The smallest absolute Gasteiger partial charge is 0.247 e. The fraction of sp³-hybridized carbons (Fsp3) is 0.643. The number of amides is 3. The molecule has 19 heavy (non-hydrogen) atoms. The Morgan fingerprint density at radius 1 is 1.00 bits per heavy atom. The summed E-state index contributed by atoms with van der Waals surface area (Å²) >= 11 is 0. The van der Waals surface area contributed by atoms with Crippen molar-refractivity contribution in [2.75, 3.05) is 0 Å². The monoisotopic (exact) mass is 262 g/mol. The van der Waals surface area contributed by atoms with E-state index < -0.39 is 6.04 Å². The van der Waals surface area contributed by atoms with Crippen LogP contribution in [0.1, 0.15) is 38.5 Å². The van der Waals surface area contributed by atoms with Crippen molar-refractivity contribution in [1.82, 2.24) is 10.2 Å². The van der Waals surface area contributed by atoms with Crippen LogP contribution in [-0.2, 0) is 14.4 Å². The van der Waals surface area contributed by atoms with Gasteiger partial charge in [0.2, 0.25) is 17.7 Å². The van der Waals surface area contributed by atoms with E-state index in [4.69, 9.17) is 0 Å². The number of likely N-dealkylation sites (tertiary alicyclic amines) is 1. The molecule has 2 saturated heterocycles. The number of nitrogens with one attached hydrogen (secondary N) is 1. The molecule has 2 heterocycles. The molecule has 1 N–H and O–H groups in total. The van der Waals surface area contributed by atoms with Gasteiger partial charge < -0.3 is 5.32 Å². The maximum Gasteiger partial charge on any atom is 0.247 e. The second kappa shape index (κ2) is 4.47. The van der Waals surface area contributed by atoms with Crippen LogP contribution in [-0.4, -0.2) is 28.7 Å². The van der Waals surface area contributed by atoms with Crippen molar-refractivity contribution in [1.29, 1.82) is 0 Å². The molecule has 3 fully saturated rings. The van der Waals surface area contributed by atoms with Gasteiger partial charge in [0.15, 0.2) is 0 Å². The molecular formula is C14H18N2O3. The highest BCUT2D eigenvalue weighted by atomic mass is 16.2. The van der Waals surface area contributed by atoms with Gasteiger partial charge in [-0.15, -0.1) is 0 Å². The van der Waals surface area contributed by atoms with Gasteiger partial charge in [-0.3, -0.25) is 19.3 Å². The number of nitrogens with zero attached hydrogens (tertiary/aromatic N) is 1. The van der Waals surface area contributed by atoms with Crippen LogP contribution in [0.15, 0.2) is 12.3 Å². The summed E-state index contributed by atoms with van der Waals surface area (Å²) in [6.45, 7) is 3.72. The van der Waals surface area contributed by atoms with E-state index >= 15 is 0 Å². The summed E-state index contributed by atoms with van der Waals surface area (Å²) in [5.74, 6) is -0.903. The first kappa shape index (κ1) is 12.4. The SMILES string of the molecule is C=C1CC[C@H](N2C(=O)[C@H]3CCCC[C@H]3C2=O)C(=O)N1. The number of carbonyl (C=O) groups excluding carboxylic acids is 3. The number of hydrogen-bond donors (Lipinski definition) is 1. The van der Waals surface area contributed by atoms with Gasteiger partial charge in [-0.25, -0.2) is 0 Å². The molecule has 5 heteroatoms. The standard InChI is InChI=1S/C14H18N2O3/c1-8-6-7-11(12(17)15-8)16-13(18)9-4-2-3-5-10(9)14(16)19/h9-11H,1-7H2,(H,15,17)/t9-,10+,11-/m0/s1. The van der Waals surface area contributed by atoms with E-state index in [2.05, 4.69) is 11.9 Å². The Hall–Kier alpha value is -1.65. The van der Waals surface area contributed by atoms with Crippen LogP contribution < -0.4 is 5.32 Å². The largest absolute Gasteiger partial charge is 0.329 e. The van der Waals surface area contributed by atoms with Gasteiger partial charge in [0, 0.05) is 5.70 Å². The predicted octanol–water partition coefficient (Wildman–Crippen LogP) is 0.954. The summed E-state index contributed by atoms with van der Waals surface area (Å²) in [5, 5.41) is 2.65. The van der Waals surface area contributed by atoms with Crippen molar-refractivity contribution in [3.63, 3.8) is 0 Å². The maximum atomic E-state index is 12.4. The van der Waals surface area contributed by atoms with Crippen LogP contribution >= 0.6 is 0 Å². The van der Waals surface area contributed by atoms with Gasteiger partial charge in [-0.2, -0.15) is 0 Å². The van der Waals surface area contributed by atoms with Crippen LogP contribution in [0.3, 0.4) is 0 Å². The fourth-order valence-corrected chi connectivity index (χ4v) is 3.50. The summed E-state index contributed by atoms with van der Waals surface area (Å²) in [6, 6.07) is -0.629. The van der Waals surface area contributed by atoms with E-state index in [1.54, 1.807) is 0 Å². The first-order valence-electron chi connectivity index (χ1n) is 6.95. The Bertz CT molecular complexity index is 447. The summed E-state index contributed by atoms with van der Waals surface area (Å²) < 4.78 is 0. The third-order valence-corrected chi connectivity index (χ3v) is 4.51. The normalized spacial score (nSPS) is 35.4. The molecule has 1 aliphatic carbocycles. The Morgan fingerprint density at radius 2 is 1.58 bits per heavy atom. The lowest BCUT2D eigenvalue weighted by molar-refractivity contribution is -0.148. The highest BCUT2D eigenvalue weighted by molar-refractivity contribution is 6.08. The molecule has 0 bridgehead atoms. The van der Waals surface area contributed by atoms with Gasteiger partial charge in [0.1, 0.15) is 6.04 Å². The molecule has 1 saturated carbocycles. The molecule has 3 rings (SSSR count). The van der Waals surface area contributed by atoms with Crippen molar-refractivity contribution in [2.45, 2.75) is 44.6 Å². The van der Waals surface area contributed by atoms with Gasteiger partial charge in [0.05, 0.1) is 11.8 Å². The van der Waals surface area contributed by atoms with Crippen molar-refractivity contribution >= 4 is 17.7 Å². The minimum atomic E-state index is -0.629. The average molecular weight is 262 g/mol. The molecule has 102 valence electrons. The van der Waals surface area contributed by atoms with Crippen molar-refractivity contribution < 1.29 is 14.4 Å². The first-order valence-corrected chi connectivity index (χ1v) is 6.95. The molecule has 0 unspecified atom stereocenters. The zero-order chi connectivity index (χ0) is 13.6. The molecule has 0 radical (unpaired) electrons. The lowest BCUT2D eigenvalue weighted by Gasteiger charge is -2.30. The zero-order valence-corrected chi connectivity index (χ0v) is 10.9. The van der Waals surface area contributed by atoms with Crippen LogP contribution in [0, 0.1) is 11.8 Å². The van der Waals surface area contributed by atoms with E-state index in [0.29, 0.717) is 18.5 Å². The topological polar surface area (TPSA) is 66.5 Å². The molecule has 3 amide bonds. The summed E-state index contributed by atoms with van der Waals surface area (Å²) in [6.07, 6.45) is 4.70. The van der Waals surface area contributed by atoms with E-state index in [1.165, 1.54) is 4.90 Å². The van der Waals surface area contributed by atoms with E-state index in [0.717, 1.165) is 25.7 Å². The van der Waals surface area contributed by atoms with Gasteiger partial charge in [-0.05, 0) is 25.7 Å². The summed E-state index contributed by atoms with van der Waals surface area (Å²) in [7, 11) is 0. The van der Waals surface area contributed by atoms with E-state index in [-0.39, 0.29) is 29.6 Å². The number of imide groups is 1. The number of fused-ring (bicyclic) bond motifs is 1. The Labute approximate surface area is 112 Å². The predicted molar refractivity (Wildman–Crippen MR) is 67.6 cm³/mol. The lowest BCUT2D eigenvalue weighted by Crippen LogP contribution is -2.52. The molecule has 0 aromatic carbocycles. The minimum Gasteiger partial charge on any atom is -0.329 e. The highest BCUT2D eigenvalue weighted by Gasteiger charge is 2.52. The second-order valence-electron chi connectivity index (χ2n) is 5.69. The molecule has 2 aliphatic heterocycles. The van der Waals surface area contributed by atoms with Gasteiger partial charge in [0.25, 0.3) is 0 Å². The fourth-order valence-electron chi connectivity index (χ4n) is 3.50. The summed E-state index contributed by atoms with van der Waals surface area (Å²) in [5.41, 5.74) is 0.665. The molecule has 0 aromatic rings. The van der Waals surface area contributed by atoms with E-state index in [9.17, 15) is 14.4 Å². The quantitative estimate of drug-likeness (QED) is 0.716. The molecule has 5 nitrogen and oxygen atoms in total.